The average molecular weight is 273 g/mol. The minimum absolute atomic E-state index is 0.167. The summed E-state index contributed by atoms with van der Waals surface area (Å²) in [5, 5.41) is 3.00. The number of esters is 1. The molecule has 0 aromatic heterocycles. The predicted octanol–water partition coefficient (Wildman–Crippen LogP) is 1.50. The van der Waals surface area contributed by atoms with Gasteiger partial charge in [0.15, 0.2) is 0 Å². The third kappa shape index (κ3) is 4.75. The Morgan fingerprint density at radius 2 is 2.05 bits per heavy atom. The highest BCUT2D eigenvalue weighted by molar-refractivity contribution is 5.80. The Balaban J connectivity index is 2.46. The van der Waals surface area contributed by atoms with Crippen LogP contribution in [0.1, 0.15) is 39.5 Å². The zero-order valence-corrected chi connectivity index (χ0v) is 12.5. The lowest BCUT2D eigenvalue weighted by Gasteiger charge is -2.32. The summed E-state index contributed by atoms with van der Waals surface area (Å²) in [7, 11) is 3.49. The summed E-state index contributed by atoms with van der Waals surface area (Å²) < 4.78 is 16.3. The van der Waals surface area contributed by atoms with Gasteiger partial charge < -0.3 is 19.5 Å². The summed E-state index contributed by atoms with van der Waals surface area (Å²) >= 11 is 0. The largest absolute Gasteiger partial charge is 0.465 e. The van der Waals surface area contributed by atoms with Crippen LogP contribution in [-0.2, 0) is 19.0 Å². The van der Waals surface area contributed by atoms with Gasteiger partial charge in [-0.2, -0.15) is 0 Å². The fraction of sp³-hybridized carbons (Fsp3) is 0.929. The number of nitrogens with one attached hydrogen (secondary N) is 1. The molecule has 0 amide bonds. The highest BCUT2D eigenvalue weighted by Crippen LogP contribution is 2.24. The van der Waals surface area contributed by atoms with E-state index < -0.39 is 5.54 Å². The van der Waals surface area contributed by atoms with E-state index in [1.807, 2.05) is 6.92 Å². The van der Waals surface area contributed by atoms with Crippen LogP contribution in [0.25, 0.3) is 0 Å². The summed E-state index contributed by atoms with van der Waals surface area (Å²) in [5.74, 6) is -0.267. The fourth-order valence-electron chi connectivity index (χ4n) is 2.28. The van der Waals surface area contributed by atoms with Crippen LogP contribution in [0.2, 0.25) is 0 Å². The van der Waals surface area contributed by atoms with E-state index in [0.717, 1.165) is 25.7 Å². The van der Waals surface area contributed by atoms with Crippen LogP contribution in [0.15, 0.2) is 0 Å². The predicted molar refractivity (Wildman–Crippen MR) is 73.1 cm³/mol. The lowest BCUT2D eigenvalue weighted by atomic mass is 9.94. The van der Waals surface area contributed by atoms with E-state index in [0.29, 0.717) is 13.2 Å². The third-order valence-electron chi connectivity index (χ3n) is 3.80. The Morgan fingerprint density at radius 3 is 2.63 bits per heavy atom. The summed E-state index contributed by atoms with van der Waals surface area (Å²) in [6.07, 6.45) is 4.58. The van der Waals surface area contributed by atoms with Crippen LogP contribution < -0.4 is 5.32 Å². The van der Waals surface area contributed by atoms with Crippen LogP contribution >= 0.6 is 0 Å². The fourth-order valence-corrected chi connectivity index (χ4v) is 2.28. The van der Waals surface area contributed by atoms with Crippen molar-refractivity contribution in [1.82, 2.24) is 5.32 Å². The van der Waals surface area contributed by atoms with Crippen molar-refractivity contribution in [2.45, 2.75) is 57.3 Å². The molecule has 0 heterocycles. The Kier molecular flexibility index (Phi) is 6.75. The number of ether oxygens (including phenoxy) is 3. The van der Waals surface area contributed by atoms with Gasteiger partial charge in [0.05, 0.1) is 25.4 Å². The van der Waals surface area contributed by atoms with Crippen LogP contribution in [0.4, 0.5) is 0 Å². The van der Waals surface area contributed by atoms with Gasteiger partial charge in [-0.25, -0.2) is 4.79 Å². The van der Waals surface area contributed by atoms with Gasteiger partial charge in [-0.1, -0.05) is 0 Å². The number of methoxy groups -OCH3 is 1. The summed E-state index contributed by atoms with van der Waals surface area (Å²) in [6, 6.07) is 0. The highest BCUT2D eigenvalue weighted by atomic mass is 16.5. The smallest absolute Gasteiger partial charge is 0.328 e. The molecule has 19 heavy (non-hydrogen) atoms. The molecule has 0 bridgehead atoms. The second-order valence-electron chi connectivity index (χ2n) is 5.26. The van der Waals surface area contributed by atoms with E-state index in [-0.39, 0.29) is 18.2 Å². The van der Waals surface area contributed by atoms with Gasteiger partial charge in [-0.15, -0.1) is 0 Å². The molecule has 1 N–H and O–H groups in total. The molecule has 1 fully saturated rings. The average Bonchev–Trinajstić information content (AvgIpc) is 2.45. The molecule has 0 aromatic rings. The molecule has 1 aliphatic rings. The number of rotatable bonds is 7. The van der Waals surface area contributed by atoms with Crippen LogP contribution in [0, 0.1) is 0 Å². The highest BCUT2D eigenvalue weighted by Gasteiger charge is 2.35. The van der Waals surface area contributed by atoms with Crippen molar-refractivity contribution in [2.24, 2.45) is 0 Å². The van der Waals surface area contributed by atoms with Crippen LogP contribution in [0.3, 0.4) is 0 Å². The zero-order chi connectivity index (χ0) is 14.3. The second kappa shape index (κ2) is 7.82. The van der Waals surface area contributed by atoms with Crippen molar-refractivity contribution < 1.29 is 19.0 Å². The van der Waals surface area contributed by atoms with Gasteiger partial charge in [-0.05, 0) is 46.6 Å². The van der Waals surface area contributed by atoms with Crippen LogP contribution in [0.5, 0.6) is 0 Å². The first-order chi connectivity index (χ1) is 9.05. The first-order valence-electron chi connectivity index (χ1n) is 7.06. The minimum Gasteiger partial charge on any atom is -0.465 e. The molecule has 3 unspecified atom stereocenters. The summed E-state index contributed by atoms with van der Waals surface area (Å²) in [4.78, 5) is 11.9. The molecular formula is C14H27NO4. The lowest BCUT2D eigenvalue weighted by Crippen LogP contribution is -2.53. The van der Waals surface area contributed by atoms with Crippen LogP contribution in [-0.4, -0.2) is 51.1 Å². The summed E-state index contributed by atoms with van der Waals surface area (Å²) in [5.41, 5.74) is -0.782. The Labute approximate surface area is 116 Å². The molecule has 0 aromatic carbocycles. The van der Waals surface area contributed by atoms with Crippen molar-refractivity contribution in [3.8, 4) is 0 Å². The molecule has 1 aliphatic carbocycles. The van der Waals surface area contributed by atoms with E-state index in [2.05, 4.69) is 5.32 Å². The Morgan fingerprint density at radius 1 is 1.37 bits per heavy atom. The quantitative estimate of drug-likeness (QED) is 0.712. The SMILES string of the molecule is CCOC(=O)C(C)(COC1CCCC(OC)C1)NC. The Bertz CT molecular complexity index is 285. The van der Waals surface area contributed by atoms with E-state index >= 15 is 0 Å². The first-order valence-corrected chi connectivity index (χ1v) is 7.06. The van der Waals surface area contributed by atoms with Gasteiger partial charge in [0.2, 0.25) is 0 Å². The molecule has 0 aliphatic heterocycles. The molecule has 1 rings (SSSR count). The molecule has 0 radical (unpaired) electrons. The molecule has 0 saturated heterocycles. The van der Waals surface area contributed by atoms with E-state index in [9.17, 15) is 4.79 Å². The van der Waals surface area contributed by atoms with Gasteiger partial charge >= 0.3 is 5.97 Å². The minimum atomic E-state index is -0.782. The number of carbonyl (C=O) groups excluding carboxylic acids is 1. The summed E-state index contributed by atoms with van der Waals surface area (Å²) in [6.45, 7) is 4.31. The molecular weight excluding hydrogens is 246 g/mol. The van der Waals surface area contributed by atoms with Gasteiger partial charge in [0.25, 0.3) is 0 Å². The zero-order valence-electron chi connectivity index (χ0n) is 12.5. The maximum absolute atomic E-state index is 11.9. The van der Waals surface area contributed by atoms with Crippen molar-refractivity contribution >= 4 is 5.97 Å². The Hall–Kier alpha value is -0.650. The molecule has 112 valence electrons. The maximum atomic E-state index is 11.9. The maximum Gasteiger partial charge on any atom is 0.328 e. The topological polar surface area (TPSA) is 56.8 Å². The number of likely N-dealkylation sites (N-methyl/N-ethyl adjacent to an activating group) is 1. The van der Waals surface area contributed by atoms with E-state index in [1.165, 1.54) is 0 Å². The lowest BCUT2D eigenvalue weighted by molar-refractivity contribution is -0.154. The van der Waals surface area contributed by atoms with E-state index in [1.54, 1.807) is 21.1 Å². The van der Waals surface area contributed by atoms with Gasteiger partial charge in [0.1, 0.15) is 5.54 Å². The third-order valence-corrected chi connectivity index (χ3v) is 3.80. The number of hydrogen-bond acceptors (Lipinski definition) is 5. The van der Waals surface area contributed by atoms with Gasteiger partial charge in [0, 0.05) is 7.11 Å². The van der Waals surface area contributed by atoms with Crippen molar-refractivity contribution in [3.05, 3.63) is 0 Å². The monoisotopic (exact) mass is 273 g/mol. The molecule has 5 nitrogen and oxygen atoms in total. The standard InChI is InChI=1S/C14H27NO4/c1-5-18-13(16)14(2,15-3)10-19-12-8-6-7-11(9-12)17-4/h11-12,15H,5-10H2,1-4H3. The van der Waals surface area contributed by atoms with Crippen molar-refractivity contribution in [2.75, 3.05) is 27.4 Å². The molecule has 5 heteroatoms. The van der Waals surface area contributed by atoms with Gasteiger partial charge in [-0.3, -0.25) is 0 Å². The van der Waals surface area contributed by atoms with Crippen molar-refractivity contribution in [3.63, 3.8) is 0 Å². The van der Waals surface area contributed by atoms with E-state index in [4.69, 9.17) is 14.2 Å². The molecule has 3 atom stereocenters. The number of carbonyl (C=O) groups is 1. The van der Waals surface area contributed by atoms with Crippen molar-refractivity contribution in [1.29, 1.82) is 0 Å². The molecule has 0 spiro atoms. The number of hydrogen-bond donors (Lipinski definition) is 1. The molecule has 1 saturated carbocycles. The first kappa shape index (κ1) is 16.4. The second-order valence-corrected chi connectivity index (χ2v) is 5.26. The normalized spacial score (nSPS) is 26.7.